The third-order valence-electron chi connectivity index (χ3n) is 3.06. The van der Waals surface area contributed by atoms with E-state index in [1.165, 1.54) is 50.9 Å². The lowest BCUT2D eigenvalue weighted by atomic mass is 10.1. The molecule has 2 rings (SSSR count). The van der Waals surface area contributed by atoms with Crippen LogP contribution in [0.15, 0.2) is 0 Å². The van der Waals surface area contributed by atoms with Gasteiger partial charge in [-0.3, -0.25) is 0 Å². The van der Waals surface area contributed by atoms with E-state index in [0.717, 1.165) is 11.2 Å². The van der Waals surface area contributed by atoms with Crippen LogP contribution in [0.25, 0.3) is 0 Å². The van der Waals surface area contributed by atoms with Crippen LogP contribution in [-0.4, -0.2) is 24.1 Å². The van der Waals surface area contributed by atoms with E-state index in [9.17, 15) is 0 Å². The van der Waals surface area contributed by atoms with Gasteiger partial charge in [0.1, 0.15) is 0 Å². The summed E-state index contributed by atoms with van der Waals surface area (Å²) in [5.41, 5.74) is 0. The van der Waals surface area contributed by atoms with Gasteiger partial charge >= 0.3 is 0 Å². The van der Waals surface area contributed by atoms with E-state index in [2.05, 4.69) is 17.1 Å². The minimum absolute atomic E-state index is 0.936. The van der Waals surface area contributed by atoms with Crippen molar-refractivity contribution >= 4 is 11.8 Å². The number of thioether (sulfide) groups is 1. The Morgan fingerprint density at radius 3 is 2.67 bits per heavy atom. The highest BCUT2D eigenvalue weighted by Crippen LogP contribution is 2.30. The molecule has 1 saturated carbocycles. The molecular weight excluding hydrogens is 166 g/mol. The molecule has 2 heteroatoms. The van der Waals surface area contributed by atoms with Crippen LogP contribution in [0.4, 0.5) is 0 Å². The van der Waals surface area contributed by atoms with Crippen molar-refractivity contribution in [2.75, 3.05) is 18.8 Å². The zero-order valence-corrected chi connectivity index (χ0v) is 8.54. The van der Waals surface area contributed by atoms with Gasteiger partial charge in [0.15, 0.2) is 0 Å². The number of hydrogen-bond acceptors (Lipinski definition) is 2. The molecule has 0 amide bonds. The van der Waals surface area contributed by atoms with Crippen LogP contribution in [0.2, 0.25) is 0 Å². The van der Waals surface area contributed by atoms with Crippen LogP contribution in [0, 0.1) is 5.92 Å². The molecule has 1 aliphatic heterocycles. The van der Waals surface area contributed by atoms with Crippen LogP contribution in [0.5, 0.6) is 0 Å². The van der Waals surface area contributed by atoms with Gasteiger partial charge in [0.2, 0.25) is 0 Å². The SMILES string of the molecule is C1CCC(CSC2CCNC2)C1. The highest BCUT2D eigenvalue weighted by atomic mass is 32.2. The first-order valence-corrected chi connectivity index (χ1v) is 6.32. The lowest BCUT2D eigenvalue weighted by molar-refractivity contribution is 0.622. The molecule has 0 aromatic carbocycles. The second-order valence-electron chi connectivity index (χ2n) is 4.10. The van der Waals surface area contributed by atoms with E-state index in [1.54, 1.807) is 0 Å². The second-order valence-corrected chi connectivity index (χ2v) is 5.43. The smallest absolute Gasteiger partial charge is 0.0184 e. The van der Waals surface area contributed by atoms with Gasteiger partial charge in [-0.2, -0.15) is 11.8 Å². The van der Waals surface area contributed by atoms with Gasteiger partial charge in [0, 0.05) is 11.8 Å². The van der Waals surface area contributed by atoms with Crippen LogP contribution in [-0.2, 0) is 0 Å². The van der Waals surface area contributed by atoms with Gasteiger partial charge in [0.25, 0.3) is 0 Å². The van der Waals surface area contributed by atoms with Gasteiger partial charge < -0.3 is 5.32 Å². The fourth-order valence-corrected chi connectivity index (χ4v) is 3.62. The largest absolute Gasteiger partial charge is 0.316 e. The van der Waals surface area contributed by atoms with E-state index < -0.39 is 0 Å². The van der Waals surface area contributed by atoms with Crippen molar-refractivity contribution in [3.05, 3.63) is 0 Å². The molecule has 0 spiro atoms. The molecule has 0 bridgehead atoms. The highest BCUT2D eigenvalue weighted by molar-refractivity contribution is 7.99. The van der Waals surface area contributed by atoms with Crippen molar-refractivity contribution in [2.24, 2.45) is 5.92 Å². The Labute approximate surface area is 79.7 Å². The van der Waals surface area contributed by atoms with E-state index in [-0.39, 0.29) is 0 Å². The summed E-state index contributed by atoms with van der Waals surface area (Å²) >= 11 is 2.22. The summed E-state index contributed by atoms with van der Waals surface area (Å²) in [6.07, 6.45) is 7.40. The Balaban J connectivity index is 1.60. The first kappa shape index (κ1) is 8.89. The average Bonchev–Trinajstić information content (AvgIpc) is 2.74. The Morgan fingerprint density at radius 1 is 1.17 bits per heavy atom. The molecule has 70 valence electrons. The predicted molar refractivity (Wildman–Crippen MR) is 55.7 cm³/mol. The van der Waals surface area contributed by atoms with Crippen molar-refractivity contribution in [2.45, 2.75) is 37.4 Å². The minimum atomic E-state index is 0.936. The van der Waals surface area contributed by atoms with Crippen LogP contribution in [0.1, 0.15) is 32.1 Å². The molecule has 0 aromatic rings. The third-order valence-corrected chi connectivity index (χ3v) is 4.60. The van der Waals surface area contributed by atoms with E-state index in [0.29, 0.717) is 0 Å². The van der Waals surface area contributed by atoms with Gasteiger partial charge in [-0.05, 0) is 37.5 Å². The summed E-state index contributed by atoms with van der Waals surface area (Å²) in [6.45, 7) is 2.51. The molecule has 12 heavy (non-hydrogen) atoms. The fourth-order valence-electron chi connectivity index (χ4n) is 2.22. The summed E-state index contributed by atoms with van der Waals surface area (Å²) in [6, 6.07) is 0. The van der Waals surface area contributed by atoms with Crippen LogP contribution in [0.3, 0.4) is 0 Å². The topological polar surface area (TPSA) is 12.0 Å². The molecule has 0 radical (unpaired) electrons. The van der Waals surface area contributed by atoms with Gasteiger partial charge in [-0.1, -0.05) is 12.8 Å². The molecule has 1 saturated heterocycles. The Kier molecular flexibility index (Phi) is 3.35. The summed E-state index contributed by atoms with van der Waals surface area (Å²) in [4.78, 5) is 0. The predicted octanol–water partition coefficient (Wildman–Crippen LogP) is 2.27. The summed E-state index contributed by atoms with van der Waals surface area (Å²) < 4.78 is 0. The summed E-state index contributed by atoms with van der Waals surface area (Å²) in [5, 5.41) is 4.36. The maximum atomic E-state index is 3.43. The maximum Gasteiger partial charge on any atom is 0.0184 e. The first-order chi connectivity index (χ1) is 5.95. The quantitative estimate of drug-likeness (QED) is 0.724. The molecule has 2 aliphatic rings. The first-order valence-electron chi connectivity index (χ1n) is 5.27. The molecule has 1 atom stereocenters. The molecule has 1 aliphatic carbocycles. The number of rotatable bonds is 3. The van der Waals surface area contributed by atoms with Crippen molar-refractivity contribution in [1.82, 2.24) is 5.32 Å². The normalized spacial score (nSPS) is 31.5. The van der Waals surface area contributed by atoms with Crippen LogP contribution < -0.4 is 5.32 Å². The molecule has 0 aromatic heterocycles. The van der Waals surface area contributed by atoms with E-state index >= 15 is 0 Å². The summed E-state index contributed by atoms with van der Waals surface area (Å²) in [5.74, 6) is 2.50. The van der Waals surface area contributed by atoms with Crippen molar-refractivity contribution in [3.63, 3.8) is 0 Å². The van der Waals surface area contributed by atoms with Crippen LogP contribution >= 0.6 is 11.8 Å². The fraction of sp³-hybridized carbons (Fsp3) is 1.00. The maximum absolute atomic E-state index is 3.43. The Morgan fingerprint density at radius 2 is 2.00 bits per heavy atom. The van der Waals surface area contributed by atoms with Gasteiger partial charge in [-0.15, -0.1) is 0 Å². The Hall–Kier alpha value is 0.310. The molecule has 1 unspecified atom stereocenters. The van der Waals surface area contributed by atoms with Gasteiger partial charge in [-0.25, -0.2) is 0 Å². The number of nitrogens with one attached hydrogen (secondary N) is 1. The molecule has 1 N–H and O–H groups in total. The van der Waals surface area contributed by atoms with Crippen molar-refractivity contribution in [3.8, 4) is 0 Å². The Bertz CT molecular complexity index is 110. The standard InChI is InChI=1S/C10H19NS/c1-2-4-9(3-1)8-12-10-5-6-11-7-10/h9-11H,1-8H2. The minimum Gasteiger partial charge on any atom is -0.316 e. The molecule has 1 nitrogen and oxygen atoms in total. The monoisotopic (exact) mass is 185 g/mol. The van der Waals surface area contributed by atoms with E-state index in [1.807, 2.05) is 0 Å². The lowest BCUT2D eigenvalue weighted by Crippen LogP contribution is -2.11. The average molecular weight is 185 g/mol. The summed E-state index contributed by atoms with van der Waals surface area (Å²) in [7, 11) is 0. The molecule has 1 heterocycles. The second kappa shape index (κ2) is 4.52. The third kappa shape index (κ3) is 2.40. The number of hydrogen-bond donors (Lipinski definition) is 1. The van der Waals surface area contributed by atoms with Crippen molar-refractivity contribution in [1.29, 1.82) is 0 Å². The van der Waals surface area contributed by atoms with E-state index in [4.69, 9.17) is 0 Å². The van der Waals surface area contributed by atoms with Crippen molar-refractivity contribution < 1.29 is 0 Å². The van der Waals surface area contributed by atoms with Gasteiger partial charge in [0.05, 0.1) is 0 Å². The zero-order chi connectivity index (χ0) is 8.23. The molecule has 2 fully saturated rings. The highest BCUT2D eigenvalue weighted by Gasteiger charge is 2.19. The molecular formula is C10H19NS. The lowest BCUT2D eigenvalue weighted by Gasteiger charge is -2.12. The zero-order valence-electron chi connectivity index (χ0n) is 7.72.